The van der Waals surface area contributed by atoms with Gasteiger partial charge in [0.15, 0.2) is 0 Å². The van der Waals surface area contributed by atoms with E-state index in [0.717, 1.165) is 38.5 Å². The minimum absolute atomic E-state index is 0.333. The monoisotopic (exact) mass is 310 g/mol. The summed E-state index contributed by atoms with van der Waals surface area (Å²) < 4.78 is 6.09. The van der Waals surface area contributed by atoms with Gasteiger partial charge >= 0.3 is 0 Å². The first kappa shape index (κ1) is 17.0. The molecule has 21 heavy (non-hydrogen) atoms. The lowest BCUT2D eigenvalue weighted by Gasteiger charge is -2.45. The van der Waals surface area contributed by atoms with Crippen LogP contribution in [0.5, 0.6) is 0 Å². The van der Waals surface area contributed by atoms with Crippen LogP contribution in [0.4, 0.5) is 0 Å². The van der Waals surface area contributed by atoms with Gasteiger partial charge in [-0.2, -0.15) is 0 Å². The second-order valence-corrected chi connectivity index (χ2v) is 8.36. The quantitative estimate of drug-likeness (QED) is 0.832. The van der Waals surface area contributed by atoms with E-state index in [0.29, 0.717) is 12.0 Å². The molecule has 0 saturated heterocycles. The van der Waals surface area contributed by atoms with Gasteiger partial charge in [-0.05, 0) is 56.6 Å². The standard InChI is InChI=1S/C18H30O2S/c1-5-14-7-8-15(21-14)13-16(19)18(20-6-2)11-9-17(3,4)10-12-18/h7-8,16,19H,5-6,9-13H2,1-4H3. The molecule has 0 radical (unpaired) electrons. The SMILES string of the molecule is CCOC1(C(O)Cc2ccc(CC)s2)CCC(C)(C)CC1. The second-order valence-electron chi connectivity index (χ2n) is 7.10. The molecule has 120 valence electrons. The number of aliphatic hydroxyl groups is 1. The molecule has 1 aromatic rings. The minimum atomic E-state index is -0.392. The Morgan fingerprint density at radius 3 is 2.29 bits per heavy atom. The molecule has 1 aliphatic carbocycles. The summed E-state index contributed by atoms with van der Waals surface area (Å²) in [5, 5.41) is 10.8. The summed E-state index contributed by atoms with van der Waals surface area (Å²) in [7, 11) is 0. The van der Waals surface area contributed by atoms with Gasteiger partial charge in [0, 0.05) is 22.8 Å². The summed E-state index contributed by atoms with van der Waals surface area (Å²) in [5.74, 6) is 0. The molecule has 1 fully saturated rings. The Bertz CT molecular complexity index is 440. The zero-order chi connectivity index (χ0) is 15.5. The van der Waals surface area contributed by atoms with Crippen LogP contribution in [-0.2, 0) is 17.6 Å². The number of aliphatic hydroxyl groups excluding tert-OH is 1. The van der Waals surface area contributed by atoms with Crippen molar-refractivity contribution in [2.45, 2.75) is 77.9 Å². The molecular formula is C18H30O2S. The van der Waals surface area contributed by atoms with Crippen LogP contribution in [0.1, 0.15) is 63.1 Å². The van der Waals surface area contributed by atoms with Gasteiger partial charge in [0.2, 0.25) is 0 Å². The number of thiophene rings is 1. The predicted molar refractivity (Wildman–Crippen MR) is 90.0 cm³/mol. The average molecular weight is 311 g/mol. The zero-order valence-electron chi connectivity index (χ0n) is 13.9. The van der Waals surface area contributed by atoms with Crippen LogP contribution in [0, 0.1) is 5.41 Å². The number of rotatable bonds is 6. The molecule has 1 aromatic heterocycles. The number of hydrogen-bond donors (Lipinski definition) is 1. The Morgan fingerprint density at radius 2 is 1.76 bits per heavy atom. The largest absolute Gasteiger partial charge is 0.390 e. The maximum absolute atomic E-state index is 10.8. The highest BCUT2D eigenvalue weighted by Crippen LogP contribution is 2.44. The smallest absolute Gasteiger partial charge is 0.0943 e. The van der Waals surface area contributed by atoms with Crippen LogP contribution >= 0.6 is 11.3 Å². The third-order valence-corrected chi connectivity index (χ3v) is 6.20. The van der Waals surface area contributed by atoms with Crippen molar-refractivity contribution in [3.8, 4) is 0 Å². The van der Waals surface area contributed by atoms with Crippen LogP contribution < -0.4 is 0 Å². The summed E-state index contributed by atoms with van der Waals surface area (Å²) in [5.41, 5.74) is 0.0548. The number of hydrogen-bond acceptors (Lipinski definition) is 3. The van der Waals surface area contributed by atoms with E-state index in [4.69, 9.17) is 4.74 Å². The molecule has 0 aliphatic heterocycles. The summed E-state index contributed by atoms with van der Waals surface area (Å²) in [4.78, 5) is 2.68. The van der Waals surface area contributed by atoms with Gasteiger partial charge in [0.05, 0.1) is 11.7 Å². The molecule has 2 rings (SSSR count). The van der Waals surface area contributed by atoms with Crippen LogP contribution in [0.2, 0.25) is 0 Å². The summed E-state index contributed by atoms with van der Waals surface area (Å²) in [6.07, 6.45) is 5.62. The Morgan fingerprint density at radius 1 is 1.14 bits per heavy atom. The normalized spacial score (nSPS) is 22.1. The maximum Gasteiger partial charge on any atom is 0.0943 e. The molecule has 1 aliphatic rings. The van der Waals surface area contributed by atoms with Crippen molar-refractivity contribution in [2.75, 3.05) is 6.61 Å². The third-order valence-electron chi connectivity index (χ3n) is 4.95. The zero-order valence-corrected chi connectivity index (χ0v) is 14.8. The number of aryl methyl sites for hydroxylation is 1. The highest BCUT2D eigenvalue weighted by molar-refractivity contribution is 7.11. The summed E-state index contributed by atoms with van der Waals surface area (Å²) in [6, 6.07) is 4.35. The summed E-state index contributed by atoms with van der Waals surface area (Å²) in [6.45, 7) is 9.54. The molecule has 0 bridgehead atoms. The second kappa shape index (κ2) is 6.80. The Hall–Kier alpha value is -0.380. The fourth-order valence-electron chi connectivity index (χ4n) is 3.31. The van der Waals surface area contributed by atoms with E-state index in [2.05, 4.69) is 32.9 Å². The van der Waals surface area contributed by atoms with Crippen LogP contribution in [0.3, 0.4) is 0 Å². The Kier molecular flexibility index (Phi) is 5.50. The third kappa shape index (κ3) is 4.08. The molecule has 0 aromatic carbocycles. The van der Waals surface area contributed by atoms with E-state index in [1.165, 1.54) is 9.75 Å². The van der Waals surface area contributed by atoms with E-state index < -0.39 is 6.10 Å². The van der Waals surface area contributed by atoms with Gasteiger partial charge in [-0.15, -0.1) is 11.3 Å². The highest BCUT2D eigenvalue weighted by atomic mass is 32.1. The van der Waals surface area contributed by atoms with Crippen molar-refractivity contribution < 1.29 is 9.84 Å². The fraction of sp³-hybridized carbons (Fsp3) is 0.778. The Labute approximate surface area is 133 Å². The first-order valence-corrected chi connectivity index (χ1v) is 9.12. The minimum Gasteiger partial charge on any atom is -0.390 e. The lowest BCUT2D eigenvalue weighted by molar-refractivity contribution is -0.150. The molecule has 1 N–H and O–H groups in total. The van der Waals surface area contributed by atoms with Gasteiger partial charge in [-0.1, -0.05) is 20.8 Å². The molecular weight excluding hydrogens is 280 g/mol. The molecule has 0 spiro atoms. The lowest BCUT2D eigenvalue weighted by Crippen LogP contribution is -2.49. The number of ether oxygens (including phenoxy) is 1. The van der Waals surface area contributed by atoms with Crippen molar-refractivity contribution in [3.05, 3.63) is 21.9 Å². The molecule has 3 heteroatoms. The molecule has 1 saturated carbocycles. The first-order chi connectivity index (χ1) is 9.91. The molecule has 1 unspecified atom stereocenters. The van der Waals surface area contributed by atoms with E-state index in [9.17, 15) is 5.11 Å². The predicted octanol–water partition coefficient (Wildman–Crippen LogP) is 4.59. The van der Waals surface area contributed by atoms with Crippen molar-refractivity contribution >= 4 is 11.3 Å². The van der Waals surface area contributed by atoms with E-state index in [1.807, 2.05) is 18.3 Å². The van der Waals surface area contributed by atoms with Crippen LogP contribution in [0.15, 0.2) is 12.1 Å². The molecule has 1 heterocycles. The van der Waals surface area contributed by atoms with Gasteiger partial charge < -0.3 is 9.84 Å². The Balaban J connectivity index is 2.06. The molecule has 0 amide bonds. The van der Waals surface area contributed by atoms with Crippen molar-refractivity contribution in [2.24, 2.45) is 5.41 Å². The van der Waals surface area contributed by atoms with Crippen molar-refractivity contribution in [1.29, 1.82) is 0 Å². The van der Waals surface area contributed by atoms with Crippen LogP contribution in [0.25, 0.3) is 0 Å². The molecule has 1 atom stereocenters. The van der Waals surface area contributed by atoms with E-state index >= 15 is 0 Å². The summed E-state index contributed by atoms with van der Waals surface area (Å²) >= 11 is 1.83. The fourth-order valence-corrected chi connectivity index (χ4v) is 4.30. The van der Waals surface area contributed by atoms with Gasteiger partial charge in [0.25, 0.3) is 0 Å². The topological polar surface area (TPSA) is 29.5 Å². The van der Waals surface area contributed by atoms with Gasteiger partial charge in [-0.25, -0.2) is 0 Å². The van der Waals surface area contributed by atoms with E-state index in [-0.39, 0.29) is 5.60 Å². The molecule has 2 nitrogen and oxygen atoms in total. The van der Waals surface area contributed by atoms with Gasteiger partial charge in [0.1, 0.15) is 0 Å². The van der Waals surface area contributed by atoms with Crippen molar-refractivity contribution in [1.82, 2.24) is 0 Å². The first-order valence-electron chi connectivity index (χ1n) is 8.30. The van der Waals surface area contributed by atoms with Gasteiger partial charge in [-0.3, -0.25) is 0 Å². The highest BCUT2D eigenvalue weighted by Gasteiger charge is 2.44. The van der Waals surface area contributed by atoms with E-state index in [1.54, 1.807) is 0 Å². The lowest BCUT2D eigenvalue weighted by atomic mass is 9.68. The maximum atomic E-state index is 10.8. The van der Waals surface area contributed by atoms with Crippen molar-refractivity contribution in [3.63, 3.8) is 0 Å². The average Bonchev–Trinajstić information content (AvgIpc) is 2.89. The van der Waals surface area contributed by atoms with Crippen LogP contribution in [-0.4, -0.2) is 23.4 Å².